The fraction of sp³-hybridized carbons (Fsp3) is 0.235. The van der Waals surface area contributed by atoms with Gasteiger partial charge in [-0.15, -0.1) is 0 Å². The Hall–Kier alpha value is -3.01. The smallest absolute Gasteiger partial charge is 0.416 e. The van der Waals surface area contributed by atoms with E-state index in [-0.39, 0.29) is 18.2 Å². The fourth-order valence-corrected chi connectivity index (χ4v) is 2.45. The highest BCUT2D eigenvalue weighted by Gasteiger charge is 2.30. The number of carbonyl (C=O) groups is 1. The van der Waals surface area contributed by atoms with Crippen LogP contribution in [0.1, 0.15) is 16.1 Å². The molecule has 0 atom stereocenters. The number of aromatic nitrogens is 4. The number of nitrogens with one attached hydrogen (secondary N) is 1. The van der Waals surface area contributed by atoms with Gasteiger partial charge in [0.1, 0.15) is 11.4 Å². The molecular weight excluding hydrogens is 399 g/mol. The van der Waals surface area contributed by atoms with Crippen LogP contribution in [0.15, 0.2) is 48.9 Å². The Morgan fingerprint density at radius 2 is 2.07 bits per heavy atom. The first kappa shape index (κ1) is 19.7. The SMILES string of the molecule is O=C(NCCn1cc(Cl)cn1)c1ccn(COc2cccc(C(F)(F)F)c2)n1. The first-order chi connectivity index (χ1) is 13.3. The second-order valence-electron chi connectivity index (χ2n) is 5.72. The highest BCUT2D eigenvalue weighted by molar-refractivity contribution is 6.30. The van der Waals surface area contributed by atoms with Gasteiger partial charge in [0.25, 0.3) is 5.91 Å². The van der Waals surface area contributed by atoms with Crippen LogP contribution in [0.2, 0.25) is 5.02 Å². The predicted octanol–water partition coefficient (Wildman–Crippen LogP) is 3.22. The minimum atomic E-state index is -4.45. The highest BCUT2D eigenvalue weighted by Crippen LogP contribution is 2.31. The van der Waals surface area contributed by atoms with Crippen molar-refractivity contribution in [1.82, 2.24) is 24.9 Å². The summed E-state index contributed by atoms with van der Waals surface area (Å²) in [7, 11) is 0. The second kappa shape index (κ2) is 8.34. The summed E-state index contributed by atoms with van der Waals surface area (Å²) < 4.78 is 46.3. The van der Waals surface area contributed by atoms with Gasteiger partial charge in [0, 0.05) is 18.9 Å². The molecule has 28 heavy (non-hydrogen) atoms. The van der Waals surface area contributed by atoms with Gasteiger partial charge in [0.15, 0.2) is 6.73 Å². The second-order valence-corrected chi connectivity index (χ2v) is 6.15. The van der Waals surface area contributed by atoms with Crippen molar-refractivity contribution < 1.29 is 22.7 Å². The Morgan fingerprint density at radius 3 is 2.79 bits per heavy atom. The lowest BCUT2D eigenvalue weighted by atomic mass is 10.2. The summed E-state index contributed by atoms with van der Waals surface area (Å²) in [6, 6.07) is 6.01. The number of ether oxygens (including phenoxy) is 1. The van der Waals surface area contributed by atoms with Crippen molar-refractivity contribution in [2.75, 3.05) is 6.54 Å². The van der Waals surface area contributed by atoms with Crippen LogP contribution in [-0.4, -0.2) is 32.0 Å². The van der Waals surface area contributed by atoms with Crippen molar-refractivity contribution in [1.29, 1.82) is 0 Å². The zero-order chi connectivity index (χ0) is 20.1. The molecule has 1 aromatic carbocycles. The topological polar surface area (TPSA) is 74.0 Å². The van der Waals surface area contributed by atoms with E-state index in [1.807, 2.05) is 0 Å². The van der Waals surface area contributed by atoms with Crippen LogP contribution in [0.5, 0.6) is 5.75 Å². The lowest BCUT2D eigenvalue weighted by molar-refractivity contribution is -0.137. The van der Waals surface area contributed by atoms with E-state index in [9.17, 15) is 18.0 Å². The average molecular weight is 414 g/mol. The van der Waals surface area contributed by atoms with E-state index in [0.717, 1.165) is 12.1 Å². The Labute approximate surface area is 162 Å². The quantitative estimate of drug-likeness (QED) is 0.645. The summed E-state index contributed by atoms with van der Waals surface area (Å²) in [5.41, 5.74) is -0.643. The molecule has 11 heteroatoms. The van der Waals surface area contributed by atoms with Crippen molar-refractivity contribution in [2.45, 2.75) is 19.5 Å². The number of benzene rings is 1. The summed E-state index contributed by atoms with van der Waals surface area (Å²) in [6.07, 6.45) is 0.177. The minimum Gasteiger partial charge on any atom is -0.471 e. The number of carbonyl (C=O) groups excluding carboxylic acids is 1. The summed E-state index contributed by atoms with van der Waals surface area (Å²) in [4.78, 5) is 12.1. The lowest BCUT2D eigenvalue weighted by Crippen LogP contribution is -2.28. The van der Waals surface area contributed by atoms with Crippen molar-refractivity contribution in [3.63, 3.8) is 0 Å². The third-order valence-electron chi connectivity index (χ3n) is 3.63. The van der Waals surface area contributed by atoms with Gasteiger partial charge in [-0.05, 0) is 24.3 Å². The van der Waals surface area contributed by atoms with E-state index >= 15 is 0 Å². The molecular formula is C17H15ClF3N5O2. The number of alkyl halides is 3. The molecule has 3 rings (SSSR count). The maximum atomic E-state index is 12.7. The number of rotatable bonds is 7. The number of halogens is 4. The molecule has 0 bridgehead atoms. The van der Waals surface area contributed by atoms with Crippen LogP contribution in [0.3, 0.4) is 0 Å². The maximum absolute atomic E-state index is 12.7. The summed E-state index contributed by atoms with van der Waals surface area (Å²) in [5.74, 6) is -0.342. The molecule has 0 radical (unpaired) electrons. The van der Waals surface area contributed by atoms with Crippen LogP contribution in [0.25, 0.3) is 0 Å². The van der Waals surface area contributed by atoms with Crippen LogP contribution in [0, 0.1) is 0 Å². The van der Waals surface area contributed by atoms with E-state index in [4.69, 9.17) is 16.3 Å². The van der Waals surface area contributed by atoms with E-state index in [2.05, 4.69) is 15.5 Å². The highest BCUT2D eigenvalue weighted by atomic mass is 35.5. The molecule has 0 saturated carbocycles. The van der Waals surface area contributed by atoms with E-state index < -0.39 is 17.6 Å². The molecule has 3 aromatic rings. The lowest BCUT2D eigenvalue weighted by Gasteiger charge is -2.10. The number of hydrogen-bond donors (Lipinski definition) is 1. The molecule has 2 heterocycles. The molecule has 0 aliphatic rings. The van der Waals surface area contributed by atoms with Crippen LogP contribution in [0.4, 0.5) is 13.2 Å². The zero-order valence-electron chi connectivity index (χ0n) is 14.4. The zero-order valence-corrected chi connectivity index (χ0v) is 15.1. The van der Waals surface area contributed by atoms with Crippen LogP contribution >= 0.6 is 11.6 Å². The Kier molecular flexibility index (Phi) is 5.88. The first-order valence-corrected chi connectivity index (χ1v) is 8.49. The predicted molar refractivity (Wildman–Crippen MR) is 93.9 cm³/mol. The summed E-state index contributed by atoms with van der Waals surface area (Å²) >= 11 is 5.75. The first-order valence-electron chi connectivity index (χ1n) is 8.11. The molecule has 1 amide bonds. The fourth-order valence-electron chi connectivity index (χ4n) is 2.29. The molecule has 0 saturated heterocycles. The van der Waals surface area contributed by atoms with E-state index in [1.54, 1.807) is 10.9 Å². The van der Waals surface area contributed by atoms with Gasteiger partial charge in [0.05, 0.1) is 23.3 Å². The molecule has 1 N–H and O–H groups in total. The van der Waals surface area contributed by atoms with Gasteiger partial charge < -0.3 is 10.1 Å². The van der Waals surface area contributed by atoms with Crippen molar-refractivity contribution in [3.8, 4) is 5.75 Å². The minimum absolute atomic E-state index is 0.0502. The monoisotopic (exact) mass is 413 g/mol. The number of nitrogens with zero attached hydrogens (tertiary/aromatic N) is 4. The molecule has 0 unspecified atom stereocenters. The molecule has 0 fully saturated rings. The molecule has 7 nitrogen and oxygen atoms in total. The van der Waals surface area contributed by atoms with Crippen molar-refractivity contribution in [2.24, 2.45) is 0 Å². The normalized spacial score (nSPS) is 11.4. The average Bonchev–Trinajstić information content (AvgIpc) is 3.28. The Morgan fingerprint density at radius 1 is 1.25 bits per heavy atom. The third-order valence-corrected chi connectivity index (χ3v) is 3.82. The Balaban J connectivity index is 1.50. The van der Waals surface area contributed by atoms with Gasteiger partial charge in [0.2, 0.25) is 0 Å². The van der Waals surface area contributed by atoms with Gasteiger partial charge in [-0.1, -0.05) is 17.7 Å². The number of amides is 1. The van der Waals surface area contributed by atoms with Gasteiger partial charge in [-0.25, -0.2) is 4.68 Å². The number of hydrogen-bond acceptors (Lipinski definition) is 4. The largest absolute Gasteiger partial charge is 0.471 e. The summed E-state index contributed by atoms with van der Waals surface area (Å²) in [5, 5.41) is 11.2. The van der Waals surface area contributed by atoms with Gasteiger partial charge >= 0.3 is 6.18 Å². The molecule has 0 aliphatic heterocycles. The maximum Gasteiger partial charge on any atom is 0.416 e. The molecule has 2 aromatic heterocycles. The molecule has 0 aliphatic carbocycles. The van der Waals surface area contributed by atoms with Crippen LogP contribution in [-0.2, 0) is 19.5 Å². The van der Waals surface area contributed by atoms with Crippen molar-refractivity contribution >= 4 is 17.5 Å². The van der Waals surface area contributed by atoms with Crippen LogP contribution < -0.4 is 10.1 Å². The molecule has 148 valence electrons. The molecule has 0 spiro atoms. The van der Waals surface area contributed by atoms with E-state index in [0.29, 0.717) is 18.1 Å². The van der Waals surface area contributed by atoms with Gasteiger partial charge in [-0.3, -0.25) is 9.48 Å². The van der Waals surface area contributed by atoms with E-state index in [1.165, 1.54) is 35.3 Å². The van der Waals surface area contributed by atoms with Crippen molar-refractivity contribution in [3.05, 3.63) is 65.2 Å². The summed E-state index contributed by atoms with van der Waals surface area (Å²) in [6.45, 7) is 0.628. The van der Waals surface area contributed by atoms with Gasteiger partial charge in [-0.2, -0.15) is 23.4 Å². The standard InChI is InChI=1S/C17H15ClF3N5O2/c18-13-9-23-25(10-13)7-5-22-16(27)15-4-6-26(24-15)11-28-14-3-1-2-12(8-14)17(19,20)21/h1-4,6,8-10H,5,7,11H2,(H,22,27). The Bertz CT molecular complexity index is 954. The third kappa shape index (κ3) is 5.26.